The molecule has 0 spiro atoms. The van der Waals surface area contributed by atoms with Crippen LogP contribution in [0.3, 0.4) is 0 Å². The summed E-state index contributed by atoms with van der Waals surface area (Å²) in [7, 11) is 0. The van der Waals surface area contributed by atoms with Crippen LogP contribution in [0, 0.1) is 0 Å². The quantitative estimate of drug-likeness (QED) is 0.601. The Balaban J connectivity index is 1.60. The van der Waals surface area contributed by atoms with Gasteiger partial charge in [-0.2, -0.15) is 0 Å². The van der Waals surface area contributed by atoms with E-state index in [9.17, 15) is 15.0 Å². The summed E-state index contributed by atoms with van der Waals surface area (Å²) in [4.78, 5) is 23.3. The second-order valence-electron chi connectivity index (χ2n) is 9.51. The number of piperidine rings is 1. The first-order valence-electron chi connectivity index (χ1n) is 11.0. The SMILES string of the molecule is CC(C)(C)c1cc(-c2cncc(-c3ccc(C(=O)N4CC[C@@H](O)[C@@H](O)C4)cc3Cl)c2)ccn1. The number of pyridine rings is 2. The molecule has 2 atom stereocenters. The number of aliphatic hydroxyl groups is 2. The Bertz CT molecular complexity index is 1180. The fourth-order valence-corrected chi connectivity index (χ4v) is 4.22. The van der Waals surface area contributed by atoms with Crippen molar-refractivity contribution in [1.82, 2.24) is 14.9 Å². The number of hydrogen-bond donors (Lipinski definition) is 2. The summed E-state index contributed by atoms with van der Waals surface area (Å²) in [5.74, 6) is -0.215. The van der Waals surface area contributed by atoms with Crippen LogP contribution >= 0.6 is 11.6 Å². The molecule has 3 heterocycles. The average molecular weight is 466 g/mol. The minimum Gasteiger partial charge on any atom is -0.390 e. The van der Waals surface area contributed by atoms with E-state index in [4.69, 9.17) is 11.6 Å². The van der Waals surface area contributed by atoms with Gasteiger partial charge in [0.25, 0.3) is 5.91 Å². The van der Waals surface area contributed by atoms with E-state index in [2.05, 4.69) is 36.8 Å². The van der Waals surface area contributed by atoms with E-state index in [1.54, 1.807) is 23.2 Å². The highest BCUT2D eigenvalue weighted by molar-refractivity contribution is 6.33. The van der Waals surface area contributed by atoms with Crippen LogP contribution in [0.25, 0.3) is 22.3 Å². The lowest BCUT2D eigenvalue weighted by molar-refractivity contribution is -0.0321. The molecule has 2 aromatic heterocycles. The van der Waals surface area contributed by atoms with Crippen molar-refractivity contribution in [2.75, 3.05) is 13.1 Å². The van der Waals surface area contributed by atoms with Gasteiger partial charge in [0.15, 0.2) is 0 Å². The van der Waals surface area contributed by atoms with Crippen molar-refractivity contribution < 1.29 is 15.0 Å². The van der Waals surface area contributed by atoms with Gasteiger partial charge in [-0.1, -0.05) is 38.4 Å². The van der Waals surface area contributed by atoms with Crippen LogP contribution in [0.4, 0.5) is 0 Å². The van der Waals surface area contributed by atoms with Gasteiger partial charge in [-0.3, -0.25) is 14.8 Å². The number of carbonyl (C=O) groups is 1. The van der Waals surface area contributed by atoms with Crippen molar-refractivity contribution in [2.24, 2.45) is 0 Å². The number of amides is 1. The predicted octanol–water partition coefficient (Wildman–Crippen LogP) is 4.33. The summed E-state index contributed by atoms with van der Waals surface area (Å²) < 4.78 is 0. The Hall–Kier alpha value is -2.80. The monoisotopic (exact) mass is 465 g/mol. The molecule has 33 heavy (non-hydrogen) atoms. The van der Waals surface area contributed by atoms with Crippen molar-refractivity contribution in [2.45, 2.75) is 44.8 Å². The van der Waals surface area contributed by atoms with Crippen molar-refractivity contribution in [3.63, 3.8) is 0 Å². The zero-order chi connectivity index (χ0) is 23.8. The molecule has 1 aliphatic rings. The third-order valence-corrected chi connectivity index (χ3v) is 6.27. The van der Waals surface area contributed by atoms with Crippen LogP contribution in [-0.2, 0) is 5.41 Å². The molecule has 172 valence electrons. The first-order chi connectivity index (χ1) is 15.6. The maximum absolute atomic E-state index is 12.9. The number of likely N-dealkylation sites (tertiary alicyclic amines) is 1. The highest BCUT2D eigenvalue weighted by Crippen LogP contribution is 2.32. The molecular weight excluding hydrogens is 438 g/mol. The fourth-order valence-electron chi connectivity index (χ4n) is 3.93. The van der Waals surface area contributed by atoms with Gasteiger partial charge in [-0.25, -0.2) is 0 Å². The predicted molar refractivity (Wildman–Crippen MR) is 129 cm³/mol. The van der Waals surface area contributed by atoms with Crippen LogP contribution in [0.5, 0.6) is 0 Å². The van der Waals surface area contributed by atoms with Crippen molar-refractivity contribution in [1.29, 1.82) is 0 Å². The lowest BCUT2D eigenvalue weighted by atomic mass is 9.90. The van der Waals surface area contributed by atoms with E-state index in [0.717, 1.165) is 27.9 Å². The molecule has 1 saturated heterocycles. The molecule has 7 heteroatoms. The summed E-state index contributed by atoms with van der Waals surface area (Å²) in [6.07, 6.45) is 4.00. The third kappa shape index (κ3) is 5.08. The zero-order valence-electron chi connectivity index (χ0n) is 19.0. The number of rotatable bonds is 3. The summed E-state index contributed by atoms with van der Waals surface area (Å²) >= 11 is 6.58. The first-order valence-corrected chi connectivity index (χ1v) is 11.4. The van der Waals surface area contributed by atoms with E-state index in [1.165, 1.54) is 0 Å². The fraction of sp³-hybridized carbons (Fsp3) is 0.346. The summed E-state index contributed by atoms with van der Waals surface area (Å²) in [6.45, 7) is 6.88. The molecule has 0 bridgehead atoms. The third-order valence-electron chi connectivity index (χ3n) is 5.96. The van der Waals surface area contributed by atoms with Gasteiger partial charge in [0.05, 0.1) is 12.2 Å². The smallest absolute Gasteiger partial charge is 0.253 e. The number of benzene rings is 1. The lowest BCUT2D eigenvalue weighted by Gasteiger charge is -2.33. The van der Waals surface area contributed by atoms with Crippen molar-refractivity contribution in [3.05, 3.63) is 71.3 Å². The van der Waals surface area contributed by atoms with Gasteiger partial charge in [0.2, 0.25) is 0 Å². The molecule has 1 aliphatic heterocycles. The van der Waals surface area contributed by atoms with E-state index < -0.39 is 12.2 Å². The number of carbonyl (C=O) groups excluding carboxylic acids is 1. The molecule has 0 saturated carbocycles. The minimum atomic E-state index is -0.932. The topological polar surface area (TPSA) is 86.6 Å². The second-order valence-corrected chi connectivity index (χ2v) is 9.92. The summed E-state index contributed by atoms with van der Waals surface area (Å²) in [5, 5.41) is 20.0. The Morgan fingerprint density at radius 2 is 1.79 bits per heavy atom. The maximum Gasteiger partial charge on any atom is 0.253 e. The Morgan fingerprint density at radius 3 is 2.48 bits per heavy atom. The molecular formula is C26H28ClN3O3. The summed E-state index contributed by atoms with van der Waals surface area (Å²) in [6, 6.07) is 11.3. The van der Waals surface area contributed by atoms with Crippen LogP contribution < -0.4 is 0 Å². The summed E-state index contributed by atoms with van der Waals surface area (Å²) in [5.41, 5.74) is 5.00. The molecule has 2 N–H and O–H groups in total. The molecule has 4 rings (SSSR count). The molecule has 1 aromatic carbocycles. The van der Waals surface area contributed by atoms with E-state index in [1.807, 2.05) is 30.6 Å². The molecule has 1 fully saturated rings. The Kier molecular flexibility index (Phi) is 6.52. The minimum absolute atomic E-state index is 0.0603. The van der Waals surface area contributed by atoms with Crippen LogP contribution in [0.1, 0.15) is 43.2 Å². The van der Waals surface area contributed by atoms with Gasteiger partial charge in [0.1, 0.15) is 0 Å². The maximum atomic E-state index is 12.9. The van der Waals surface area contributed by atoms with Crippen molar-refractivity contribution in [3.8, 4) is 22.3 Å². The van der Waals surface area contributed by atoms with Gasteiger partial charge >= 0.3 is 0 Å². The van der Waals surface area contributed by atoms with E-state index in [-0.39, 0.29) is 17.9 Å². The number of hydrogen-bond acceptors (Lipinski definition) is 5. The standard InChI is InChI=1S/C26H28ClN3O3/c1-26(2,3)24-12-16(6-8-29-24)18-10-19(14-28-13-18)20-5-4-17(11-21(20)27)25(33)30-9-7-22(31)23(32)15-30/h4-6,8,10-14,22-23,31-32H,7,9,15H2,1-3H3/t22-,23+/m1/s1. The molecule has 0 unspecified atom stereocenters. The molecule has 3 aromatic rings. The highest BCUT2D eigenvalue weighted by atomic mass is 35.5. The van der Waals surface area contributed by atoms with E-state index in [0.29, 0.717) is 23.6 Å². The molecule has 0 radical (unpaired) electrons. The van der Waals surface area contributed by atoms with Gasteiger partial charge in [-0.15, -0.1) is 0 Å². The molecule has 0 aliphatic carbocycles. The van der Waals surface area contributed by atoms with Crippen molar-refractivity contribution >= 4 is 17.5 Å². The lowest BCUT2D eigenvalue weighted by Crippen LogP contribution is -2.48. The number of halogens is 1. The van der Waals surface area contributed by atoms with Crippen LogP contribution in [0.2, 0.25) is 5.02 Å². The van der Waals surface area contributed by atoms with Crippen LogP contribution in [-0.4, -0.2) is 56.3 Å². The Labute approximate surface area is 198 Å². The average Bonchev–Trinajstić information content (AvgIpc) is 2.80. The number of β-amino-alcohol motifs (C(OH)–C–C–N with tert-alkyl or cyclic N) is 1. The van der Waals surface area contributed by atoms with Gasteiger partial charge in [0, 0.05) is 70.1 Å². The highest BCUT2D eigenvalue weighted by Gasteiger charge is 2.29. The number of aromatic nitrogens is 2. The molecule has 6 nitrogen and oxygen atoms in total. The van der Waals surface area contributed by atoms with Gasteiger partial charge in [-0.05, 0) is 42.3 Å². The largest absolute Gasteiger partial charge is 0.390 e. The zero-order valence-corrected chi connectivity index (χ0v) is 19.8. The van der Waals surface area contributed by atoms with Gasteiger partial charge < -0.3 is 15.1 Å². The van der Waals surface area contributed by atoms with E-state index >= 15 is 0 Å². The molecule has 1 amide bonds. The first kappa shape index (κ1) is 23.4. The van der Waals surface area contributed by atoms with Crippen LogP contribution in [0.15, 0.2) is 55.0 Å². The second kappa shape index (κ2) is 9.21. The number of nitrogens with zero attached hydrogens (tertiary/aromatic N) is 3. The Morgan fingerprint density at radius 1 is 1.03 bits per heavy atom. The number of aliphatic hydroxyl groups excluding tert-OH is 2. The normalized spacial score (nSPS) is 18.9.